The molecule has 122 valence electrons. The summed E-state index contributed by atoms with van der Waals surface area (Å²) in [6.07, 6.45) is 7.30. The molecule has 0 aliphatic heterocycles. The van der Waals surface area contributed by atoms with Gasteiger partial charge in [-0.3, -0.25) is 4.79 Å². The molecule has 0 atom stereocenters. The van der Waals surface area contributed by atoms with Crippen LogP contribution < -0.4 is 10.6 Å². The van der Waals surface area contributed by atoms with Gasteiger partial charge in [-0.25, -0.2) is 4.98 Å². The van der Waals surface area contributed by atoms with Crippen molar-refractivity contribution in [2.75, 3.05) is 10.6 Å². The minimum absolute atomic E-state index is 0.236. The zero-order valence-electron chi connectivity index (χ0n) is 13.3. The Morgan fingerprint density at radius 2 is 1.92 bits per heavy atom. The summed E-state index contributed by atoms with van der Waals surface area (Å²) < 4.78 is 0. The van der Waals surface area contributed by atoms with Crippen LogP contribution in [-0.4, -0.2) is 21.9 Å². The highest BCUT2D eigenvalue weighted by Gasteiger charge is 2.16. The van der Waals surface area contributed by atoms with E-state index >= 15 is 0 Å². The largest absolute Gasteiger partial charge is 0.351 e. The summed E-state index contributed by atoms with van der Waals surface area (Å²) in [6.45, 7) is 0. The van der Waals surface area contributed by atoms with Crippen LogP contribution in [0, 0.1) is 11.3 Å². The van der Waals surface area contributed by atoms with Crippen LogP contribution in [0.1, 0.15) is 48.0 Å². The van der Waals surface area contributed by atoms with Crippen molar-refractivity contribution in [3.05, 3.63) is 47.7 Å². The standard InChI is InChI=1S/C18H19N5O/c19-11-14-12-20-18(21-15-9-5-2-6-10-15)23-16(14)22-17(24)13-7-3-1-4-8-13/h1,3-4,7-8,12,15H,2,5-6,9-10H2,(H2,20,21,22,23,24). The Morgan fingerprint density at radius 3 is 2.62 bits per heavy atom. The fourth-order valence-corrected chi connectivity index (χ4v) is 2.83. The second-order valence-corrected chi connectivity index (χ2v) is 5.87. The third-order valence-corrected chi connectivity index (χ3v) is 4.12. The van der Waals surface area contributed by atoms with Crippen LogP contribution in [0.25, 0.3) is 0 Å². The van der Waals surface area contributed by atoms with E-state index in [1.165, 1.54) is 25.5 Å². The van der Waals surface area contributed by atoms with Crippen LogP contribution in [0.4, 0.5) is 11.8 Å². The number of benzene rings is 1. The van der Waals surface area contributed by atoms with Gasteiger partial charge in [0.05, 0.1) is 6.20 Å². The Labute approximate surface area is 140 Å². The zero-order valence-corrected chi connectivity index (χ0v) is 13.3. The van der Waals surface area contributed by atoms with Crippen LogP contribution >= 0.6 is 0 Å². The fourth-order valence-electron chi connectivity index (χ4n) is 2.83. The van der Waals surface area contributed by atoms with E-state index in [0.717, 1.165) is 12.8 Å². The molecule has 1 aromatic carbocycles. The van der Waals surface area contributed by atoms with E-state index < -0.39 is 0 Å². The van der Waals surface area contributed by atoms with Crippen LogP contribution in [-0.2, 0) is 0 Å². The quantitative estimate of drug-likeness (QED) is 0.901. The number of carbonyl (C=O) groups excluding carboxylic acids is 1. The van der Waals surface area contributed by atoms with Crippen molar-refractivity contribution in [1.82, 2.24) is 9.97 Å². The molecule has 1 saturated carbocycles. The summed E-state index contributed by atoms with van der Waals surface area (Å²) in [7, 11) is 0. The van der Waals surface area contributed by atoms with Crippen molar-refractivity contribution in [2.45, 2.75) is 38.1 Å². The van der Waals surface area contributed by atoms with Gasteiger partial charge in [0.2, 0.25) is 5.95 Å². The lowest BCUT2D eigenvalue weighted by atomic mass is 9.96. The van der Waals surface area contributed by atoms with E-state index in [2.05, 4.69) is 20.6 Å². The third kappa shape index (κ3) is 3.87. The Hall–Kier alpha value is -2.94. The topological polar surface area (TPSA) is 90.7 Å². The van der Waals surface area contributed by atoms with Crippen molar-refractivity contribution in [2.24, 2.45) is 0 Å². The Balaban J connectivity index is 1.77. The molecular formula is C18H19N5O. The second kappa shape index (κ2) is 7.55. The van der Waals surface area contributed by atoms with Crippen LogP contribution in [0.2, 0.25) is 0 Å². The minimum atomic E-state index is -0.297. The highest BCUT2D eigenvalue weighted by atomic mass is 16.1. The van der Waals surface area contributed by atoms with Gasteiger partial charge in [-0.1, -0.05) is 37.5 Å². The zero-order chi connectivity index (χ0) is 16.8. The molecule has 1 aliphatic rings. The lowest BCUT2D eigenvalue weighted by Crippen LogP contribution is -2.24. The summed E-state index contributed by atoms with van der Waals surface area (Å²) in [4.78, 5) is 20.8. The number of nitrogens with one attached hydrogen (secondary N) is 2. The number of hydrogen-bond acceptors (Lipinski definition) is 5. The predicted octanol–water partition coefficient (Wildman–Crippen LogP) is 3.35. The van der Waals surface area contributed by atoms with Gasteiger partial charge in [-0.15, -0.1) is 0 Å². The molecule has 3 rings (SSSR count). The number of aromatic nitrogens is 2. The third-order valence-electron chi connectivity index (χ3n) is 4.12. The van der Waals surface area contributed by atoms with Gasteiger partial charge in [-0.2, -0.15) is 10.2 Å². The molecule has 6 heteroatoms. The molecule has 24 heavy (non-hydrogen) atoms. The molecule has 0 saturated heterocycles. The number of amides is 1. The van der Waals surface area contributed by atoms with Crippen molar-refractivity contribution >= 4 is 17.7 Å². The molecule has 6 nitrogen and oxygen atoms in total. The first-order chi connectivity index (χ1) is 11.8. The summed E-state index contributed by atoms with van der Waals surface area (Å²) >= 11 is 0. The van der Waals surface area contributed by atoms with Gasteiger partial charge in [0.25, 0.3) is 5.91 Å². The second-order valence-electron chi connectivity index (χ2n) is 5.87. The van der Waals surface area contributed by atoms with Crippen LogP contribution in [0.5, 0.6) is 0 Å². The summed E-state index contributed by atoms with van der Waals surface area (Å²) in [5, 5.41) is 15.2. The van der Waals surface area contributed by atoms with E-state index in [4.69, 9.17) is 0 Å². The summed E-state index contributed by atoms with van der Waals surface area (Å²) in [6, 6.07) is 11.2. The number of carbonyl (C=O) groups is 1. The first-order valence-electron chi connectivity index (χ1n) is 8.16. The molecule has 2 N–H and O–H groups in total. The Bertz CT molecular complexity index is 748. The molecular weight excluding hydrogens is 302 g/mol. The maximum absolute atomic E-state index is 12.3. The van der Waals surface area contributed by atoms with Crippen LogP contribution in [0.15, 0.2) is 36.5 Å². The average Bonchev–Trinajstić information content (AvgIpc) is 2.63. The fraction of sp³-hybridized carbons (Fsp3) is 0.333. The molecule has 1 aromatic heterocycles. The molecule has 0 spiro atoms. The Morgan fingerprint density at radius 1 is 1.17 bits per heavy atom. The maximum Gasteiger partial charge on any atom is 0.256 e. The average molecular weight is 321 g/mol. The molecule has 1 aliphatic carbocycles. The van der Waals surface area contributed by atoms with Crippen LogP contribution in [0.3, 0.4) is 0 Å². The van der Waals surface area contributed by atoms with Crippen molar-refractivity contribution < 1.29 is 4.79 Å². The molecule has 0 bridgehead atoms. The van der Waals surface area contributed by atoms with E-state index in [9.17, 15) is 10.1 Å². The van der Waals surface area contributed by atoms with Gasteiger partial charge >= 0.3 is 0 Å². The van der Waals surface area contributed by atoms with Gasteiger partial charge in [0.1, 0.15) is 11.6 Å². The van der Waals surface area contributed by atoms with Crippen molar-refractivity contribution in [3.63, 3.8) is 0 Å². The van der Waals surface area contributed by atoms with E-state index in [1.54, 1.807) is 24.3 Å². The summed E-state index contributed by atoms with van der Waals surface area (Å²) in [5.74, 6) is 0.387. The number of nitrogens with zero attached hydrogens (tertiary/aromatic N) is 3. The lowest BCUT2D eigenvalue weighted by molar-refractivity contribution is 0.102. The first kappa shape index (κ1) is 15.9. The highest BCUT2D eigenvalue weighted by Crippen LogP contribution is 2.21. The van der Waals surface area contributed by atoms with Gasteiger partial charge in [0.15, 0.2) is 5.82 Å². The molecule has 0 radical (unpaired) electrons. The van der Waals surface area contributed by atoms with E-state index in [1.807, 2.05) is 12.1 Å². The smallest absolute Gasteiger partial charge is 0.256 e. The van der Waals surface area contributed by atoms with E-state index in [0.29, 0.717) is 17.6 Å². The minimum Gasteiger partial charge on any atom is -0.351 e. The predicted molar refractivity (Wildman–Crippen MR) is 91.6 cm³/mol. The van der Waals surface area contributed by atoms with Gasteiger partial charge < -0.3 is 10.6 Å². The van der Waals surface area contributed by atoms with Crippen molar-refractivity contribution in [3.8, 4) is 6.07 Å². The monoisotopic (exact) mass is 321 g/mol. The summed E-state index contributed by atoms with van der Waals surface area (Å²) in [5.41, 5.74) is 0.760. The molecule has 1 amide bonds. The van der Waals surface area contributed by atoms with Gasteiger partial charge in [-0.05, 0) is 25.0 Å². The molecule has 2 aromatic rings. The normalized spacial score (nSPS) is 14.6. The lowest BCUT2D eigenvalue weighted by Gasteiger charge is -2.22. The first-order valence-corrected chi connectivity index (χ1v) is 8.16. The number of anilines is 2. The van der Waals surface area contributed by atoms with E-state index in [-0.39, 0.29) is 17.3 Å². The van der Waals surface area contributed by atoms with Crippen molar-refractivity contribution in [1.29, 1.82) is 5.26 Å². The number of nitriles is 1. The molecule has 0 unspecified atom stereocenters. The highest BCUT2D eigenvalue weighted by molar-refractivity contribution is 6.04. The molecule has 1 heterocycles. The molecule has 1 fully saturated rings. The number of rotatable bonds is 4. The number of hydrogen-bond donors (Lipinski definition) is 2. The van der Waals surface area contributed by atoms with Gasteiger partial charge in [0, 0.05) is 11.6 Å². The Kier molecular flexibility index (Phi) is 5.02. The maximum atomic E-state index is 12.3. The SMILES string of the molecule is N#Cc1cnc(NC2CCCCC2)nc1NC(=O)c1ccccc1.